The summed E-state index contributed by atoms with van der Waals surface area (Å²) < 4.78 is 1.93. The Hall–Kier alpha value is -2.14. The van der Waals surface area contributed by atoms with Crippen molar-refractivity contribution in [2.24, 2.45) is 7.05 Å². The average molecular weight is 324 g/mol. The van der Waals surface area contributed by atoms with Gasteiger partial charge in [-0.3, -0.25) is 14.4 Å². The number of amides is 1. The normalized spacial score (nSPS) is 23.7. The van der Waals surface area contributed by atoms with E-state index in [1.165, 1.54) is 16.8 Å². The number of aryl methyl sites for hydroxylation is 1. The third-order valence-electron chi connectivity index (χ3n) is 5.38. The van der Waals surface area contributed by atoms with Crippen LogP contribution in [0.3, 0.4) is 0 Å². The van der Waals surface area contributed by atoms with Crippen LogP contribution < -0.4 is 0 Å². The molecule has 1 aromatic carbocycles. The number of carbonyl (C=O) groups excluding carboxylic acids is 1. The van der Waals surface area contributed by atoms with Crippen LogP contribution in [0.15, 0.2) is 36.5 Å². The van der Waals surface area contributed by atoms with E-state index in [9.17, 15) is 4.79 Å². The lowest BCUT2D eigenvalue weighted by atomic mass is 9.78. The summed E-state index contributed by atoms with van der Waals surface area (Å²) in [4.78, 5) is 16.3. The zero-order chi connectivity index (χ0) is 16.7. The molecule has 1 amide bonds. The van der Waals surface area contributed by atoms with Gasteiger partial charge in [0.2, 0.25) is 5.91 Å². The number of benzene rings is 1. The predicted octanol–water partition coefficient (Wildman–Crippen LogP) is 1.93. The minimum absolute atomic E-state index is 0.0186. The number of fused-ring (bicyclic) bond motifs is 2. The van der Waals surface area contributed by atoms with E-state index < -0.39 is 0 Å². The highest BCUT2D eigenvalue weighted by atomic mass is 16.2. The molecule has 24 heavy (non-hydrogen) atoms. The Labute approximate surface area is 142 Å². The van der Waals surface area contributed by atoms with Gasteiger partial charge in [0.25, 0.3) is 0 Å². The molecular weight excluding hydrogens is 300 g/mol. The zero-order valence-electron chi connectivity index (χ0n) is 14.4. The first-order valence-electron chi connectivity index (χ1n) is 8.61. The second-order valence-electron chi connectivity index (χ2n) is 7.28. The van der Waals surface area contributed by atoms with Crippen LogP contribution in [0.25, 0.3) is 0 Å². The number of hydrogen-bond donors (Lipinski definition) is 0. The molecule has 1 saturated heterocycles. The monoisotopic (exact) mass is 324 g/mol. The molecule has 1 aromatic heterocycles. The van der Waals surface area contributed by atoms with E-state index >= 15 is 0 Å². The summed E-state index contributed by atoms with van der Waals surface area (Å²) in [5.74, 6) is 0.171. The van der Waals surface area contributed by atoms with Crippen LogP contribution in [0.2, 0.25) is 0 Å². The number of hydrogen-bond acceptors (Lipinski definition) is 3. The van der Waals surface area contributed by atoms with E-state index in [0.29, 0.717) is 0 Å². The van der Waals surface area contributed by atoms with Crippen molar-refractivity contribution in [3.8, 4) is 0 Å². The first kappa shape index (κ1) is 15.4. The Bertz CT molecular complexity index is 754. The summed E-state index contributed by atoms with van der Waals surface area (Å²) in [6, 6.07) is 10.6. The van der Waals surface area contributed by atoms with Crippen LogP contribution in [0.1, 0.15) is 30.2 Å². The van der Waals surface area contributed by atoms with Gasteiger partial charge in [0.1, 0.15) is 0 Å². The van der Waals surface area contributed by atoms with Crippen LogP contribution in [0, 0.1) is 0 Å². The van der Waals surface area contributed by atoms with Gasteiger partial charge in [0, 0.05) is 63.9 Å². The fourth-order valence-corrected chi connectivity index (χ4v) is 4.32. The third kappa shape index (κ3) is 2.63. The van der Waals surface area contributed by atoms with Crippen molar-refractivity contribution < 1.29 is 4.79 Å². The van der Waals surface area contributed by atoms with Gasteiger partial charge in [-0.2, -0.15) is 5.10 Å². The lowest BCUT2D eigenvalue weighted by Gasteiger charge is -2.39. The number of nitrogens with zero attached hydrogens (tertiary/aromatic N) is 4. The van der Waals surface area contributed by atoms with Crippen molar-refractivity contribution >= 4 is 5.91 Å². The highest BCUT2D eigenvalue weighted by molar-refractivity contribution is 5.74. The van der Waals surface area contributed by atoms with Gasteiger partial charge in [0.15, 0.2) is 0 Å². The first-order chi connectivity index (χ1) is 11.6. The first-order valence-corrected chi connectivity index (χ1v) is 8.61. The molecule has 5 nitrogen and oxygen atoms in total. The Kier molecular flexibility index (Phi) is 3.68. The molecule has 0 unspecified atom stereocenters. The largest absolute Gasteiger partial charge is 0.342 e. The smallest absolute Gasteiger partial charge is 0.219 e. The summed E-state index contributed by atoms with van der Waals surface area (Å²) in [6.07, 6.45) is 3.15. The molecule has 1 spiro atoms. The molecule has 0 saturated carbocycles. The standard InChI is InChI=1S/C19H24N4O/c1-15(24)23-9-8-19(14-23)13-22(10-16-6-4-3-5-7-16)12-17-11-21(2)20-18(17)19/h3-7,11H,8-10,12-14H2,1-2H3/t19-/m1/s1. The van der Waals surface area contributed by atoms with Crippen LogP contribution in [-0.4, -0.2) is 45.1 Å². The molecule has 4 rings (SSSR count). The minimum Gasteiger partial charge on any atom is -0.342 e. The highest BCUT2D eigenvalue weighted by Gasteiger charge is 2.47. The van der Waals surface area contributed by atoms with Gasteiger partial charge in [-0.1, -0.05) is 30.3 Å². The maximum atomic E-state index is 11.8. The highest BCUT2D eigenvalue weighted by Crippen LogP contribution is 2.40. The van der Waals surface area contributed by atoms with Gasteiger partial charge in [0.05, 0.1) is 5.69 Å². The van der Waals surface area contributed by atoms with E-state index in [1.54, 1.807) is 6.92 Å². The topological polar surface area (TPSA) is 41.4 Å². The third-order valence-corrected chi connectivity index (χ3v) is 5.38. The summed E-state index contributed by atoms with van der Waals surface area (Å²) in [6.45, 7) is 6.14. The molecule has 2 aromatic rings. The summed E-state index contributed by atoms with van der Waals surface area (Å²) in [7, 11) is 1.99. The molecule has 5 heteroatoms. The summed E-state index contributed by atoms with van der Waals surface area (Å²) in [5, 5.41) is 4.77. The lowest BCUT2D eigenvalue weighted by Crippen LogP contribution is -2.47. The second kappa shape index (κ2) is 5.74. The van der Waals surface area contributed by atoms with Gasteiger partial charge in [-0.05, 0) is 12.0 Å². The van der Waals surface area contributed by atoms with Crippen LogP contribution in [-0.2, 0) is 30.3 Å². The van der Waals surface area contributed by atoms with E-state index in [-0.39, 0.29) is 11.3 Å². The number of rotatable bonds is 2. The lowest BCUT2D eigenvalue weighted by molar-refractivity contribution is -0.128. The molecule has 2 aliphatic rings. The molecule has 0 aliphatic carbocycles. The molecule has 2 aliphatic heterocycles. The van der Waals surface area contributed by atoms with Gasteiger partial charge < -0.3 is 4.90 Å². The Morgan fingerprint density at radius 3 is 2.75 bits per heavy atom. The average Bonchev–Trinajstić information content (AvgIpc) is 3.13. The van der Waals surface area contributed by atoms with Crippen molar-refractivity contribution in [1.29, 1.82) is 0 Å². The molecule has 1 fully saturated rings. The molecule has 126 valence electrons. The van der Waals surface area contributed by atoms with Crippen molar-refractivity contribution in [2.75, 3.05) is 19.6 Å². The molecule has 0 radical (unpaired) electrons. The van der Waals surface area contributed by atoms with Crippen LogP contribution in [0.5, 0.6) is 0 Å². The fraction of sp³-hybridized carbons (Fsp3) is 0.474. The molecule has 0 N–H and O–H groups in total. The number of carbonyl (C=O) groups is 1. The van der Waals surface area contributed by atoms with Crippen molar-refractivity contribution in [2.45, 2.75) is 31.8 Å². The fourth-order valence-electron chi connectivity index (χ4n) is 4.32. The van der Waals surface area contributed by atoms with Gasteiger partial charge in [-0.15, -0.1) is 0 Å². The Morgan fingerprint density at radius 2 is 2.04 bits per heavy atom. The summed E-state index contributed by atoms with van der Waals surface area (Å²) in [5.41, 5.74) is 3.83. The molecule has 1 atom stereocenters. The van der Waals surface area contributed by atoms with E-state index in [1.807, 2.05) is 16.6 Å². The molecular formula is C19H24N4O. The molecule has 0 bridgehead atoms. The Morgan fingerprint density at radius 1 is 1.25 bits per heavy atom. The maximum Gasteiger partial charge on any atom is 0.219 e. The SMILES string of the molecule is CC(=O)N1CC[C@@]2(CN(Cc3ccccc3)Cc3cn(C)nc32)C1. The summed E-state index contributed by atoms with van der Waals surface area (Å²) >= 11 is 0. The number of likely N-dealkylation sites (tertiary alicyclic amines) is 1. The van der Waals surface area contributed by atoms with Crippen LogP contribution >= 0.6 is 0 Å². The minimum atomic E-state index is -0.0186. The van der Waals surface area contributed by atoms with Crippen LogP contribution in [0.4, 0.5) is 0 Å². The molecule has 3 heterocycles. The van der Waals surface area contributed by atoms with E-state index in [2.05, 4.69) is 41.4 Å². The second-order valence-corrected chi connectivity index (χ2v) is 7.28. The van der Waals surface area contributed by atoms with Crippen molar-refractivity contribution in [3.05, 3.63) is 53.3 Å². The van der Waals surface area contributed by atoms with Crippen molar-refractivity contribution in [1.82, 2.24) is 19.6 Å². The quantitative estimate of drug-likeness (QED) is 0.847. The van der Waals surface area contributed by atoms with Crippen molar-refractivity contribution in [3.63, 3.8) is 0 Å². The van der Waals surface area contributed by atoms with Gasteiger partial charge >= 0.3 is 0 Å². The Balaban J connectivity index is 1.64. The zero-order valence-corrected chi connectivity index (χ0v) is 14.4. The van der Waals surface area contributed by atoms with E-state index in [0.717, 1.165) is 39.1 Å². The number of aromatic nitrogens is 2. The van der Waals surface area contributed by atoms with Gasteiger partial charge in [-0.25, -0.2) is 0 Å². The maximum absolute atomic E-state index is 11.8. The predicted molar refractivity (Wildman–Crippen MR) is 92.3 cm³/mol. The van der Waals surface area contributed by atoms with E-state index in [4.69, 9.17) is 5.10 Å².